The first-order chi connectivity index (χ1) is 16.2. The summed E-state index contributed by atoms with van der Waals surface area (Å²) in [4.78, 5) is 30.4. The number of morpholine rings is 1. The first-order valence-electron chi connectivity index (χ1n) is 11.3. The molecule has 2 amide bonds. The molecule has 2 atom stereocenters. The number of rotatable bonds is 3. The Morgan fingerprint density at radius 3 is 2.18 bits per heavy atom. The van der Waals surface area contributed by atoms with Crippen molar-refractivity contribution in [2.45, 2.75) is 24.6 Å². The van der Waals surface area contributed by atoms with Crippen LogP contribution in [0, 0.1) is 0 Å². The lowest BCUT2D eigenvalue weighted by atomic mass is 9.87. The number of hydrogen-bond donors (Lipinski definition) is 0. The summed E-state index contributed by atoms with van der Waals surface area (Å²) >= 11 is 0. The van der Waals surface area contributed by atoms with Crippen molar-refractivity contribution in [1.82, 2.24) is 9.80 Å². The predicted octanol–water partition coefficient (Wildman–Crippen LogP) is 3.56. The molecular weight excluding hydrogens is 416 g/mol. The molecule has 0 unspecified atom stereocenters. The maximum atomic E-state index is 13.9. The molecule has 3 aliphatic heterocycles. The molecule has 3 aromatic carbocycles. The molecule has 166 valence electrons. The summed E-state index contributed by atoms with van der Waals surface area (Å²) in [5.41, 5.74) is 2.81. The van der Waals surface area contributed by atoms with Crippen molar-refractivity contribution < 1.29 is 19.1 Å². The van der Waals surface area contributed by atoms with Gasteiger partial charge in [-0.1, -0.05) is 66.7 Å². The molecule has 0 spiro atoms. The summed E-state index contributed by atoms with van der Waals surface area (Å²) < 4.78 is 11.9. The molecule has 0 bridgehead atoms. The molecule has 2 saturated heterocycles. The number of para-hydroxylation sites is 2. The van der Waals surface area contributed by atoms with Gasteiger partial charge in [0.2, 0.25) is 11.8 Å². The number of nitrogens with zero attached hydrogens (tertiary/aromatic N) is 2. The van der Waals surface area contributed by atoms with Crippen LogP contribution in [-0.4, -0.2) is 53.5 Å². The average Bonchev–Trinajstić information content (AvgIpc) is 3.29. The number of fused-ring (bicyclic) bond motifs is 3. The zero-order chi connectivity index (χ0) is 22.4. The fourth-order valence-electron chi connectivity index (χ4n) is 5.19. The second-order valence-electron chi connectivity index (χ2n) is 8.78. The van der Waals surface area contributed by atoms with Crippen LogP contribution in [0.3, 0.4) is 0 Å². The predicted molar refractivity (Wildman–Crippen MR) is 122 cm³/mol. The molecule has 0 aliphatic carbocycles. The van der Waals surface area contributed by atoms with Crippen LogP contribution in [0.5, 0.6) is 11.5 Å². The van der Waals surface area contributed by atoms with E-state index in [1.165, 1.54) is 0 Å². The van der Waals surface area contributed by atoms with E-state index in [4.69, 9.17) is 9.47 Å². The van der Waals surface area contributed by atoms with Crippen molar-refractivity contribution in [3.8, 4) is 11.5 Å². The molecule has 0 saturated carbocycles. The molecule has 6 rings (SSSR count). The number of hydrogen-bond acceptors (Lipinski definition) is 4. The highest BCUT2D eigenvalue weighted by Gasteiger charge is 2.46. The van der Waals surface area contributed by atoms with Gasteiger partial charge >= 0.3 is 0 Å². The third-order valence-corrected chi connectivity index (χ3v) is 6.81. The van der Waals surface area contributed by atoms with Gasteiger partial charge in [0.05, 0.1) is 18.1 Å². The Bertz CT molecular complexity index is 1170. The van der Waals surface area contributed by atoms with Crippen molar-refractivity contribution in [1.29, 1.82) is 0 Å². The lowest BCUT2D eigenvalue weighted by molar-refractivity contribution is -0.153. The van der Waals surface area contributed by atoms with E-state index in [-0.39, 0.29) is 30.6 Å². The zero-order valence-electron chi connectivity index (χ0n) is 18.1. The number of likely N-dealkylation sites (tertiary alicyclic amines) is 1. The highest BCUT2D eigenvalue weighted by Crippen LogP contribution is 2.45. The Balaban J connectivity index is 1.29. The minimum Gasteiger partial charge on any atom is -0.457 e. The first kappa shape index (κ1) is 20.0. The second kappa shape index (κ2) is 8.05. The van der Waals surface area contributed by atoms with Crippen LogP contribution < -0.4 is 4.74 Å². The number of amides is 2. The summed E-state index contributed by atoms with van der Waals surface area (Å²) in [5.74, 6) is 0.968. The Morgan fingerprint density at radius 1 is 0.848 bits per heavy atom. The van der Waals surface area contributed by atoms with Crippen LogP contribution in [0.2, 0.25) is 0 Å². The Hall–Kier alpha value is -3.64. The smallest absolute Gasteiger partial charge is 0.249 e. The van der Waals surface area contributed by atoms with Gasteiger partial charge in [-0.3, -0.25) is 9.59 Å². The standard InChI is InChI=1S/C27H24N2O4/c30-25-17-32-24-16-28(15-21(24)29(25)14-18-8-2-1-3-9-18)27(31)26-19-10-4-6-12-22(19)33-23-13-7-5-11-20(23)26/h1-13,21,24,26H,14-17H2/t21-,24-/m0/s1. The van der Waals surface area contributed by atoms with E-state index >= 15 is 0 Å². The summed E-state index contributed by atoms with van der Waals surface area (Å²) in [6.07, 6.45) is -0.180. The van der Waals surface area contributed by atoms with E-state index in [0.29, 0.717) is 31.1 Å². The van der Waals surface area contributed by atoms with Gasteiger partial charge in [0.1, 0.15) is 18.1 Å². The molecule has 3 aromatic rings. The lowest BCUT2D eigenvalue weighted by Crippen LogP contribution is -2.53. The third kappa shape index (κ3) is 3.47. The highest BCUT2D eigenvalue weighted by atomic mass is 16.5. The molecule has 6 heteroatoms. The zero-order valence-corrected chi connectivity index (χ0v) is 18.1. The van der Waals surface area contributed by atoms with Crippen molar-refractivity contribution in [2.75, 3.05) is 19.7 Å². The Labute approximate surface area is 192 Å². The number of benzene rings is 3. The maximum absolute atomic E-state index is 13.9. The van der Waals surface area contributed by atoms with Crippen LogP contribution in [0.1, 0.15) is 22.6 Å². The van der Waals surface area contributed by atoms with Crippen molar-refractivity contribution in [3.63, 3.8) is 0 Å². The minimum absolute atomic E-state index is 0.0170. The molecular formula is C27H24N2O4. The first-order valence-corrected chi connectivity index (χ1v) is 11.3. The number of carbonyl (C=O) groups is 2. The molecule has 6 nitrogen and oxygen atoms in total. The molecule has 0 aromatic heterocycles. The van der Waals surface area contributed by atoms with Gasteiger partial charge in [-0.15, -0.1) is 0 Å². The third-order valence-electron chi connectivity index (χ3n) is 6.81. The summed E-state index contributed by atoms with van der Waals surface area (Å²) in [6, 6.07) is 25.2. The monoisotopic (exact) mass is 440 g/mol. The molecule has 2 fully saturated rings. The van der Waals surface area contributed by atoms with Crippen molar-refractivity contribution >= 4 is 11.8 Å². The van der Waals surface area contributed by atoms with Crippen LogP contribution in [0.4, 0.5) is 0 Å². The van der Waals surface area contributed by atoms with Gasteiger partial charge in [-0.25, -0.2) is 0 Å². The van der Waals surface area contributed by atoms with Crippen LogP contribution in [0.25, 0.3) is 0 Å². The minimum atomic E-state index is -0.440. The largest absolute Gasteiger partial charge is 0.457 e. The summed E-state index contributed by atoms with van der Waals surface area (Å²) in [6.45, 7) is 1.52. The van der Waals surface area contributed by atoms with Crippen LogP contribution in [-0.2, 0) is 20.9 Å². The SMILES string of the molecule is O=C(C1c2ccccc2Oc2ccccc21)N1C[C@@H]2OCC(=O)N(Cc3ccccc3)[C@H]2C1. The van der Waals surface area contributed by atoms with Gasteiger partial charge < -0.3 is 19.3 Å². The van der Waals surface area contributed by atoms with Crippen molar-refractivity contribution in [2.24, 2.45) is 0 Å². The fourth-order valence-corrected chi connectivity index (χ4v) is 5.19. The maximum Gasteiger partial charge on any atom is 0.249 e. The summed E-state index contributed by atoms with van der Waals surface area (Å²) in [5, 5.41) is 0. The highest BCUT2D eigenvalue weighted by molar-refractivity contribution is 5.90. The van der Waals surface area contributed by atoms with Gasteiger partial charge in [0.15, 0.2) is 0 Å². The topological polar surface area (TPSA) is 59.1 Å². The van der Waals surface area contributed by atoms with E-state index in [9.17, 15) is 9.59 Å². The normalized spacial score (nSPS) is 21.8. The van der Waals surface area contributed by atoms with Gasteiger partial charge in [0, 0.05) is 30.8 Å². The Morgan fingerprint density at radius 2 is 1.48 bits per heavy atom. The second-order valence-corrected chi connectivity index (χ2v) is 8.78. The fraction of sp³-hybridized carbons (Fsp3) is 0.259. The quantitative estimate of drug-likeness (QED) is 0.625. The molecule has 3 heterocycles. The average molecular weight is 440 g/mol. The van der Waals surface area contributed by atoms with E-state index in [0.717, 1.165) is 16.7 Å². The van der Waals surface area contributed by atoms with Gasteiger partial charge in [-0.2, -0.15) is 0 Å². The van der Waals surface area contributed by atoms with Crippen LogP contribution >= 0.6 is 0 Å². The number of ether oxygens (including phenoxy) is 2. The Kier molecular flexibility index (Phi) is 4.88. The lowest BCUT2D eigenvalue weighted by Gasteiger charge is -2.36. The van der Waals surface area contributed by atoms with Gasteiger partial charge in [0.25, 0.3) is 0 Å². The van der Waals surface area contributed by atoms with E-state index in [2.05, 4.69) is 0 Å². The number of carbonyl (C=O) groups excluding carboxylic acids is 2. The summed E-state index contributed by atoms with van der Waals surface area (Å²) in [7, 11) is 0. The molecule has 33 heavy (non-hydrogen) atoms. The van der Waals surface area contributed by atoms with E-state index in [1.54, 1.807) is 0 Å². The van der Waals surface area contributed by atoms with Gasteiger partial charge in [-0.05, 0) is 17.7 Å². The molecule has 3 aliphatic rings. The molecule has 0 N–H and O–H groups in total. The van der Waals surface area contributed by atoms with E-state index < -0.39 is 5.92 Å². The van der Waals surface area contributed by atoms with Crippen molar-refractivity contribution in [3.05, 3.63) is 95.6 Å². The molecule has 0 radical (unpaired) electrons. The van der Waals surface area contributed by atoms with Crippen LogP contribution in [0.15, 0.2) is 78.9 Å². The van der Waals surface area contributed by atoms with E-state index in [1.807, 2.05) is 88.7 Å².